The third-order valence-corrected chi connectivity index (χ3v) is 1.74. The van der Waals surface area contributed by atoms with E-state index in [9.17, 15) is 4.79 Å². The van der Waals surface area contributed by atoms with Gasteiger partial charge in [-0.15, -0.1) is 5.48 Å². The Morgan fingerprint density at radius 3 is 2.50 bits per heavy atom. The molecule has 0 saturated carbocycles. The van der Waals surface area contributed by atoms with Gasteiger partial charge in [-0.25, -0.2) is 4.79 Å². The van der Waals surface area contributed by atoms with Gasteiger partial charge >= 0.3 is 6.09 Å². The van der Waals surface area contributed by atoms with E-state index in [1.807, 2.05) is 38.1 Å². The van der Waals surface area contributed by atoms with Gasteiger partial charge in [-0.05, 0) is 31.5 Å². The number of hydroxylamine groups is 1. The number of hydrogen-bond acceptors (Lipinski definition) is 4. The van der Waals surface area contributed by atoms with Gasteiger partial charge in [-0.3, -0.25) is 0 Å². The molecule has 0 aliphatic heterocycles. The van der Waals surface area contributed by atoms with Gasteiger partial charge in [-0.1, -0.05) is 12.1 Å². The molecule has 5 heteroatoms. The van der Waals surface area contributed by atoms with Gasteiger partial charge in [0.25, 0.3) is 0 Å². The number of hydrogen-bond donors (Lipinski definition) is 2. The summed E-state index contributed by atoms with van der Waals surface area (Å²) in [5.74, 6) is 0.814. The number of primary amides is 1. The first kappa shape index (κ1) is 12.3. The van der Waals surface area contributed by atoms with Crippen molar-refractivity contribution in [1.82, 2.24) is 5.48 Å². The van der Waals surface area contributed by atoms with Crippen LogP contribution in [0.25, 0.3) is 0 Å². The standard InChI is InChI=1S/C11H16N2O3/c1-8(2)15-10-5-3-9(4-6-10)7-13-16-11(12)14/h3-6,8,13H,7H2,1-2H3,(H2,12,14). The molecule has 0 saturated heterocycles. The predicted molar refractivity (Wildman–Crippen MR) is 59.7 cm³/mol. The van der Waals surface area contributed by atoms with Crippen molar-refractivity contribution in [3.63, 3.8) is 0 Å². The number of ether oxygens (including phenoxy) is 1. The summed E-state index contributed by atoms with van der Waals surface area (Å²) in [6.45, 7) is 4.34. The van der Waals surface area contributed by atoms with Crippen LogP contribution < -0.4 is 16.0 Å². The lowest BCUT2D eigenvalue weighted by atomic mass is 10.2. The second-order valence-electron chi connectivity index (χ2n) is 3.55. The average Bonchev–Trinajstić information content (AvgIpc) is 2.19. The average molecular weight is 224 g/mol. The molecule has 0 heterocycles. The molecule has 16 heavy (non-hydrogen) atoms. The molecule has 0 aromatic heterocycles. The fourth-order valence-electron chi connectivity index (χ4n) is 1.15. The molecule has 0 fully saturated rings. The molecular weight excluding hydrogens is 208 g/mol. The highest BCUT2D eigenvalue weighted by Crippen LogP contribution is 2.13. The summed E-state index contributed by atoms with van der Waals surface area (Å²) in [5, 5.41) is 0. The molecule has 0 unspecified atom stereocenters. The van der Waals surface area contributed by atoms with Crippen LogP contribution in [0.5, 0.6) is 5.75 Å². The number of nitrogens with two attached hydrogens (primary N) is 1. The predicted octanol–water partition coefficient (Wildman–Crippen LogP) is 1.57. The van der Waals surface area contributed by atoms with Crippen LogP contribution in [0.2, 0.25) is 0 Å². The molecule has 0 radical (unpaired) electrons. The molecule has 1 aromatic rings. The van der Waals surface area contributed by atoms with Crippen molar-refractivity contribution in [2.75, 3.05) is 0 Å². The summed E-state index contributed by atoms with van der Waals surface area (Å²) < 4.78 is 5.49. The molecule has 88 valence electrons. The summed E-state index contributed by atoms with van der Waals surface area (Å²) in [7, 11) is 0. The minimum Gasteiger partial charge on any atom is -0.491 e. The number of rotatable bonds is 5. The number of carbonyl (C=O) groups is 1. The molecule has 0 spiro atoms. The van der Waals surface area contributed by atoms with Crippen LogP contribution in [0.1, 0.15) is 19.4 Å². The van der Waals surface area contributed by atoms with Crippen LogP contribution >= 0.6 is 0 Å². The van der Waals surface area contributed by atoms with Crippen molar-refractivity contribution >= 4 is 6.09 Å². The minimum atomic E-state index is -0.847. The van der Waals surface area contributed by atoms with E-state index in [0.717, 1.165) is 11.3 Å². The Balaban J connectivity index is 2.42. The van der Waals surface area contributed by atoms with E-state index >= 15 is 0 Å². The summed E-state index contributed by atoms with van der Waals surface area (Å²) >= 11 is 0. The van der Waals surface area contributed by atoms with Crippen molar-refractivity contribution in [3.05, 3.63) is 29.8 Å². The molecule has 5 nitrogen and oxygen atoms in total. The maximum Gasteiger partial charge on any atom is 0.423 e. The molecule has 1 amide bonds. The monoisotopic (exact) mass is 224 g/mol. The van der Waals surface area contributed by atoms with Crippen molar-refractivity contribution < 1.29 is 14.4 Å². The fraction of sp³-hybridized carbons (Fsp3) is 0.364. The van der Waals surface area contributed by atoms with E-state index in [1.54, 1.807) is 0 Å². The van der Waals surface area contributed by atoms with Crippen LogP contribution in [0.15, 0.2) is 24.3 Å². The van der Waals surface area contributed by atoms with E-state index < -0.39 is 6.09 Å². The first-order valence-corrected chi connectivity index (χ1v) is 5.02. The van der Waals surface area contributed by atoms with Gasteiger partial charge in [0.15, 0.2) is 0 Å². The molecule has 0 atom stereocenters. The highest BCUT2D eigenvalue weighted by atomic mass is 16.7. The number of carbonyl (C=O) groups excluding carboxylic acids is 1. The van der Waals surface area contributed by atoms with Crippen molar-refractivity contribution in [2.24, 2.45) is 5.73 Å². The van der Waals surface area contributed by atoms with E-state index in [-0.39, 0.29) is 6.10 Å². The van der Waals surface area contributed by atoms with Crippen LogP contribution in [-0.2, 0) is 11.4 Å². The van der Waals surface area contributed by atoms with Crippen molar-refractivity contribution in [1.29, 1.82) is 0 Å². The topological polar surface area (TPSA) is 73.6 Å². The third-order valence-electron chi connectivity index (χ3n) is 1.74. The first-order valence-electron chi connectivity index (χ1n) is 5.02. The van der Waals surface area contributed by atoms with Gasteiger partial charge in [-0.2, -0.15) is 0 Å². The Morgan fingerprint density at radius 1 is 1.38 bits per heavy atom. The van der Waals surface area contributed by atoms with Crippen LogP contribution in [0, 0.1) is 0 Å². The van der Waals surface area contributed by atoms with Crippen molar-refractivity contribution in [3.8, 4) is 5.75 Å². The Labute approximate surface area is 94.5 Å². The normalized spacial score (nSPS) is 10.2. The lowest BCUT2D eigenvalue weighted by Gasteiger charge is -2.10. The molecule has 0 aliphatic rings. The maximum absolute atomic E-state index is 10.3. The smallest absolute Gasteiger partial charge is 0.423 e. The zero-order valence-electron chi connectivity index (χ0n) is 9.40. The van der Waals surface area contributed by atoms with Crippen LogP contribution in [-0.4, -0.2) is 12.2 Å². The molecule has 1 aromatic carbocycles. The third kappa shape index (κ3) is 4.65. The quantitative estimate of drug-likeness (QED) is 0.744. The Kier molecular flexibility index (Phi) is 4.60. The number of benzene rings is 1. The lowest BCUT2D eigenvalue weighted by molar-refractivity contribution is 0.0952. The van der Waals surface area contributed by atoms with Gasteiger partial charge in [0.05, 0.1) is 12.6 Å². The Morgan fingerprint density at radius 2 is 2.00 bits per heavy atom. The van der Waals surface area contributed by atoms with Gasteiger partial charge in [0, 0.05) is 0 Å². The van der Waals surface area contributed by atoms with Crippen LogP contribution in [0.4, 0.5) is 4.79 Å². The summed E-state index contributed by atoms with van der Waals surface area (Å²) in [4.78, 5) is 14.7. The molecular formula is C11H16N2O3. The second-order valence-corrected chi connectivity index (χ2v) is 3.55. The van der Waals surface area contributed by atoms with Gasteiger partial charge in [0.2, 0.25) is 0 Å². The molecule has 3 N–H and O–H groups in total. The van der Waals surface area contributed by atoms with Crippen LogP contribution in [0.3, 0.4) is 0 Å². The molecule has 1 rings (SSSR count). The zero-order chi connectivity index (χ0) is 12.0. The largest absolute Gasteiger partial charge is 0.491 e. The SMILES string of the molecule is CC(C)Oc1ccc(CNOC(N)=O)cc1. The number of nitrogens with one attached hydrogen (secondary N) is 1. The maximum atomic E-state index is 10.3. The van der Waals surface area contributed by atoms with Gasteiger partial charge in [0.1, 0.15) is 5.75 Å². The van der Waals surface area contributed by atoms with E-state index in [2.05, 4.69) is 10.3 Å². The van der Waals surface area contributed by atoms with E-state index in [0.29, 0.717) is 6.54 Å². The number of amides is 1. The Bertz CT molecular complexity index is 336. The Hall–Kier alpha value is -1.75. The summed E-state index contributed by atoms with van der Waals surface area (Å²) in [6, 6.07) is 7.49. The molecule has 0 bridgehead atoms. The second kappa shape index (κ2) is 5.97. The van der Waals surface area contributed by atoms with Gasteiger partial charge < -0.3 is 15.3 Å². The highest BCUT2D eigenvalue weighted by molar-refractivity contribution is 5.64. The fourth-order valence-corrected chi connectivity index (χ4v) is 1.15. The highest BCUT2D eigenvalue weighted by Gasteiger charge is 1.99. The summed E-state index contributed by atoms with van der Waals surface area (Å²) in [5.41, 5.74) is 8.21. The van der Waals surface area contributed by atoms with E-state index in [1.165, 1.54) is 0 Å². The van der Waals surface area contributed by atoms with E-state index in [4.69, 9.17) is 10.5 Å². The lowest BCUT2D eigenvalue weighted by Crippen LogP contribution is -2.23. The molecule has 0 aliphatic carbocycles. The zero-order valence-corrected chi connectivity index (χ0v) is 9.40. The van der Waals surface area contributed by atoms with Crippen molar-refractivity contribution in [2.45, 2.75) is 26.5 Å². The summed E-state index contributed by atoms with van der Waals surface area (Å²) in [6.07, 6.45) is -0.693. The first-order chi connectivity index (χ1) is 7.58. The minimum absolute atomic E-state index is 0.155.